The Morgan fingerprint density at radius 3 is 2.34 bits per heavy atom. The largest absolute Gasteiger partial charge is 0.495 e. The second-order valence-corrected chi connectivity index (χ2v) is 9.61. The summed E-state index contributed by atoms with van der Waals surface area (Å²) in [6, 6.07) is 12.2. The van der Waals surface area contributed by atoms with Gasteiger partial charge in [0, 0.05) is 17.7 Å². The summed E-state index contributed by atoms with van der Waals surface area (Å²) in [6.07, 6.45) is 5.26. The molecule has 2 aromatic carbocycles. The quantitative estimate of drug-likeness (QED) is 0.276. The number of carbonyl (C=O) groups is 3. The normalized spacial score (nSPS) is 29.6. The van der Waals surface area contributed by atoms with Crippen LogP contribution in [0.1, 0.15) is 16.8 Å². The number of para-hydroxylation sites is 2. The third-order valence-corrected chi connectivity index (χ3v) is 7.96. The summed E-state index contributed by atoms with van der Waals surface area (Å²) in [5.41, 5.74) is 0.215. The molecule has 4 aliphatic carbocycles. The van der Waals surface area contributed by atoms with Crippen molar-refractivity contribution >= 4 is 29.1 Å². The lowest BCUT2D eigenvalue weighted by Crippen LogP contribution is -2.45. The maximum Gasteiger partial charge on any atom is 0.270 e. The topological polar surface area (TPSA) is 110 Å². The molecule has 6 atom stereocenters. The van der Waals surface area contributed by atoms with E-state index in [2.05, 4.69) is 12.2 Å². The van der Waals surface area contributed by atoms with Crippen LogP contribution in [0, 0.1) is 45.6 Å². The van der Waals surface area contributed by atoms with Crippen LogP contribution in [0.15, 0.2) is 60.7 Å². The van der Waals surface area contributed by atoms with Crippen LogP contribution >= 0.6 is 0 Å². The molecule has 3 fully saturated rings. The van der Waals surface area contributed by atoms with Crippen molar-refractivity contribution < 1.29 is 24.0 Å². The van der Waals surface area contributed by atoms with Crippen molar-refractivity contribution in [3.05, 3.63) is 76.4 Å². The van der Waals surface area contributed by atoms with Gasteiger partial charge in [0.15, 0.2) is 0 Å². The molecule has 2 saturated carbocycles. The van der Waals surface area contributed by atoms with Crippen molar-refractivity contribution in [1.29, 1.82) is 0 Å². The Kier molecular flexibility index (Phi) is 4.77. The van der Waals surface area contributed by atoms with E-state index < -0.39 is 10.8 Å². The van der Waals surface area contributed by atoms with E-state index in [0.717, 1.165) is 6.42 Å². The monoisotopic (exact) mass is 473 g/mol. The van der Waals surface area contributed by atoms with E-state index in [1.807, 2.05) is 0 Å². The number of amides is 3. The molecule has 3 amide bonds. The summed E-state index contributed by atoms with van der Waals surface area (Å²) >= 11 is 0. The number of ether oxygens (including phenoxy) is 1. The van der Waals surface area contributed by atoms with E-state index in [-0.39, 0.29) is 53.4 Å². The van der Waals surface area contributed by atoms with Crippen LogP contribution in [0.3, 0.4) is 0 Å². The first-order valence-corrected chi connectivity index (χ1v) is 11.6. The van der Waals surface area contributed by atoms with Gasteiger partial charge in [0.05, 0.1) is 29.6 Å². The molecule has 1 saturated heterocycles. The molecule has 2 aromatic rings. The molecular weight excluding hydrogens is 450 g/mol. The average molecular weight is 473 g/mol. The van der Waals surface area contributed by atoms with Crippen LogP contribution in [-0.2, 0) is 9.59 Å². The van der Waals surface area contributed by atoms with Crippen LogP contribution in [-0.4, -0.2) is 41.3 Å². The number of nitrogens with zero attached hydrogens (tertiary/aromatic N) is 3. The zero-order valence-electron chi connectivity index (χ0n) is 18.9. The van der Waals surface area contributed by atoms with Crippen LogP contribution in [0.5, 0.6) is 5.75 Å². The standard InChI is InChI=1S/C26H23N3O6/c1-35-21-8-3-2-7-20(21)27(24(30)14-5-4-6-15(11-14)29(33)34)13-28-25(31)22-16-9-10-17(19-12-18(16)19)23(22)26(28)32/h2-11,16-19,22-23H,12-13H2,1H3. The van der Waals surface area contributed by atoms with Gasteiger partial charge in [-0.15, -0.1) is 0 Å². The Hall–Kier alpha value is -4.01. The van der Waals surface area contributed by atoms with Gasteiger partial charge in [-0.25, -0.2) is 0 Å². The Morgan fingerprint density at radius 2 is 1.71 bits per heavy atom. The summed E-state index contributed by atoms with van der Waals surface area (Å²) < 4.78 is 5.45. The predicted octanol–water partition coefficient (Wildman–Crippen LogP) is 3.26. The highest BCUT2D eigenvalue weighted by molar-refractivity contribution is 6.10. The van der Waals surface area contributed by atoms with Gasteiger partial charge in [-0.05, 0) is 48.3 Å². The number of hydrogen-bond acceptors (Lipinski definition) is 6. The fourth-order valence-corrected chi connectivity index (χ4v) is 6.31. The second kappa shape index (κ2) is 7.76. The molecule has 9 heteroatoms. The van der Waals surface area contributed by atoms with Gasteiger partial charge in [-0.1, -0.05) is 30.4 Å². The van der Waals surface area contributed by atoms with Gasteiger partial charge in [0.2, 0.25) is 11.8 Å². The number of imide groups is 1. The van der Waals surface area contributed by atoms with Gasteiger partial charge in [-0.3, -0.25) is 34.3 Å². The number of nitro benzene ring substituents is 1. The maximum atomic E-state index is 13.7. The fourth-order valence-electron chi connectivity index (χ4n) is 6.31. The minimum absolute atomic E-state index is 0.0728. The third-order valence-electron chi connectivity index (χ3n) is 7.96. The van der Waals surface area contributed by atoms with E-state index in [1.54, 1.807) is 24.3 Å². The van der Waals surface area contributed by atoms with Gasteiger partial charge in [-0.2, -0.15) is 0 Å². The summed E-state index contributed by atoms with van der Waals surface area (Å²) in [4.78, 5) is 54.0. The lowest BCUT2D eigenvalue weighted by atomic mass is 9.63. The fraction of sp³-hybridized carbons (Fsp3) is 0.346. The summed E-state index contributed by atoms with van der Waals surface area (Å²) in [7, 11) is 1.46. The molecule has 0 N–H and O–H groups in total. The van der Waals surface area contributed by atoms with E-state index in [0.29, 0.717) is 23.3 Å². The highest BCUT2D eigenvalue weighted by atomic mass is 16.6. The number of hydrogen-bond donors (Lipinski definition) is 0. The summed E-state index contributed by atoms with van der Waals surface area (Å²) in [5.74, 6) is -0.370. The number of likely N-dealkylation sites (tertiary alicyclic amines) is 1. The van der Waals surface area contributed by atoms with Gasteiger partial charge in [0.1, 0.15) is 12.4 Å². The van der Waals surface area contributed by atoms with Crippen LogP contribution in [0.2, 0.25) is 0 Å². The predicted molar refractivity (Wildman–Crippen MR) is 124 cm³/mol. The van der Waals surface area contributed by atoms with E-state index >= 15 is 0 Å². The molecule has 2 bridgehead atoms. The van der Waals surface area contributed by atoms with Crippen molar-refractivity contribution in [1.82, 2.24) is 4.90 Å². The van der Waals surface area contributed by atoms with Gasteiger partial charge >= 0.3 is 0 Å². The molecule has 7 rings (SSSR count). The molecule has 35 heavy (non-hydrogen) atoms. The van der Waals surface area contributed by atoms with Crippen molar-refractivity contribution in [2.75, 3.05) is 18.7 Å². The Bertz CT molecular complexity index is 1270. The van der Waals surface area contributed by atoms with E-state index in [4.69, 9.17) is 4.74 Å². The number of rotatable bonds is 6. The number of allylic oxidation sites excluding steroid dienone is 2. The first kappa shape index (κ1) is 21.5. The SMILES string of the molecule is COc1ccccc1N(CN1C(=O)C2C3C=CC(C4CC34)C2C1=O)C(=O)c1cccc([N+](=O)[O-])c1. The van der Waals surface area contributed by atoms with E-state index in [1.165, 1.54) is 41.2 Å². The van der Waals surface area contributed by atoms with E-state index in [9.17, 15) is 24.5 Å². The lowest BCUT2D eigenvalue weighted by Gasteiger charge is -2.37. The minimum Gasteiger partial charge on any atom is -0.495 e. The summed E-state index contributed by atoms with van der Waals surface area (Å²) in [5, 5.41) is 11.3. The smallest absolute Gasteiger partial charge is 0.270 e. The van der Waals surface area contributed by atoms with Crippen molar-refractivity contribution in [2.24, 2.45) is 35.5 Å². The first-order chi connectivity index (χ1) is 16.9. The number of non-ortho nitro benzene ring substituents is 1. The highest BCUT2D eigenvalue weighted by Gasteiger charge is 2.67. The van der Waals surface area contributed by atoms with Crippen molar-refractivity contribution in [2.45, 2.75) is 6.42 Å². The van der Waals surface area contributed by atoms with Crippen molar-refractivity contribution in [3.63, 3.8) is 0 Å². The first-order valence-electron chi connectivity index (χ1n) is 11.6. The molecule has 0 radical (unpaired) electrons. The van der Waals surface area contributed by atoms with Crippen LogP contribution in [0.25, 0.3) is 0 Å². The van der Waals surface area contributed by atoms with Crippen molar-refractivity contribution in [3.8, 4) is 5.75 Å². The third kappa shape index (κ3) is 3.18. The maximum absolute atomic E-state index is 13.7. The summed E-state index contributed by atoms with van der Waals surface area (Å²) in [6.45, 7) is -0.290. The number of anilines is 1. The zero-order valence-corrected chi connectivity index (χ0v) is 18.9. The Morgan fingerprint density at radius 1 is 1.06 bits per heavy atom. The molecule has 1 heterocycles. The number of nitro groups is 1. The average Bonchev–Trinajstić information content (AvgIpc) is 3.67. The van der Waals surface area contributed by atoms with Gasteiger partial charge in [0.25, 0.3) is 11.6 Å². The Balaban J connectivity index is 1.37. The van der Waals surface area contributed by atoms with Crippen LogP contribution < -0.4 is 9.64 Å². The molecule has 1 aliphatic heterocycles. The molecule has 9 nitrogen and oxygen atoms in total. The molecular formula is C26H23N3O6. The van der Waals surface area contributed by atoms with Gasteiger partial charge < -0.3 is 4.74 Å². The minimum atomic E-state index is -0.573. The van der Waals surface area contributed by atoms with Crippen LogP contribution in [0.4, 0.5) is 11.4 Å². The molecule has 5 aliphatic rings. The number of methoxy groups -OCH3 is 1. The molecule has 0 aromatic heterocycles. The Labute approximate surface area is 201 Å². The molecule has 178 valence electrons. The number of carbonyl (C=O) groups excluding carboxylic acids is 3. The number of benzene rings is 2. The molecule has 6 unspecified atom stereocenters. The lowest BCUT2D eigenvalue weighted by molar-refractivity contribution is -0.384. The molecule has 0 spiro atoms. The zero-order chi connectivity index (χ0) is 24.4. The second-order valence-electron chi connectivity index (χ2n) is 9.61. The highest BCUT2D eigenvalue weighted by Crippen LogP contribution is 2.65.